The van der Waals surface area contributed by atoms with E-state index < -0.39 is 47.2 Å². The summed E-state index contributed by atoms with van der Waals surface area (Å²) in [5.74, 6) is -4.43. The molecule has 0 heterocycles. The second-order valence-electron chi connectivity index (χ2n) is 10.7. The molecule has 2 atom stereocenters. The van der Waals surface area contributed by atoms with Crippen molar-refractivity contribution in [3.8, 4) is 0 Å². The van der Waals surface area contributed by atoms with Gasteiger partial charge in [0.25, 0.3) is 5.91 Å². The van der Waals surface area contributed by atoms with Crippen LogP contribution in [0.5, 0.6) is 0 Å². The summed E-state index contributed by atoms with van der Waals surface area (Å²) in [4.78, 5) is 62.9. The van der Waals surface area contributed by atoms with Gasteiger partial charge in [-0.1, -0.05) is 67.6 Å². The fourth-order valence-electron chi connectivity index (χ4n) is 5.24. The smallest absolute Gasteiger partial charge is 0.326 e. The van der Waals surface area contributed by atoms with Crippen LogP contribution in [-0.4, -0.2) is 52.5 Å². The zero-order valence-electron chi connectivity index (χ0n) is 22.5. The molecule has 2 aliphatic carbocycles. The Kier molecular flexibility index (Phi) is 9.68. The highest BCUT2D eigenvalue weighted by atomic mass is 35.5. The van der Waals surface area contributed by atoms with Crippen LogP contribution in [0.2, 0.25) is 10.0 Å². The van der Waals surface area contributed by atoms with E-state index in [4.69, 9.17) is 28.3 Å². The van der Waals surface area contributed by atoms with Gasteiger partial charge in [-0.2, -0.15) is 0 Å². The van der Waals surface area contributed by atoms with Crippen molar-refractivity contribution in [3.05, 3.63) is 57.2 Å². The van der Waals surface area contributed by atoms with Crippen molar-refractivity contribution in [2.24, 2.45) is 16.7 Å². The minimum absolute atomic E-state index is 0.00632. The van der Waals surface area contributed by atoms with Crippen LogP contribution in [0.1, 0.15) is 63.2 Å². The van der Waals surface area contributed by atoms with Gasteiger partial charge in [0.1, 0.15) is 12.6 Å². The molecule has 0 saturated heterocycles. The second-order valence-corrected chi connectivity index (χ2v) is 11.5. The van der Waals surface area contributed by atoms with E-state index in [1.807, 2.05) is 0 Å². The van der Waals surface area contributed by atoms with Gasteiger partial charge in [-0.05, 0) is 38.0 Å². The SMILES string of the molecule is CC1(C)C(CC(NC(=O)C2CCCC2)C(=O)O)=CC=C(NC(=O)c2c(Cl)cccc2Cl)C1(C)C(=O)NCC(=O)O. The minimum Gasteiger partial charge on any atom is -0.480 e. The number of allylic oxidation sites excluding steroid dienone is 2. The highest BCUT2D eigenvalue weighted by Crippen LogP contribution is 2.52. The van der Waals surface area contributed by atoms with Gasteiger partial charge in [-0.3, -0.25) is 19.2 Å². The summed E-state index contributed by atoms with van der Waals surface area (Å²) >= 11 is 12.4. The van der Waals surface area contributed by atoms with Crippen molar-refractivity contribution in [2.75, 3.05) is 6.54 Å². The number of aliphatic carboxylic acids is 2. The molecule has 3 rings (SSSR count). The molecule has 1 aromatic rings. The summed E-state index contributed by atoms with van der Waals surface area (Å²) < 4.78 is 0. The Morgan fingerprint density at radius 2 is 1.60 bits per heavy atom. The lowest BCUT2D eigenvalue weighted by molar-refractivity contribution is -0.143. The number of nitrogens with one attached hydrogen (secondary N) is 3. The van der Waals surface area contributed by atoms with E-state index in [9.17, 15) is 29.1 Å². The van der Waals surface area contributed by atoms with Crippen LogP contribution in [0.15, 0.2) is 41.6 Å². The molecule has 2 unspecified atom stereocenters. The molecule has 40 heavy (non-hydrogen) atoms. The largest absolute Gasteiger partial charge is 0.480 e. The van der Waals surface area contributed by atoms with Gasteiger partial charge < -0.3 is 26.2 Å². The third-order valence-electron chi connectivity index (χ3n) is 8.10. The number of benzene rings is 1. The van der Waals surface area contributed by atoms with Gasteiger partial charge in [-0.15, -0.1) is 0 Å². The Morgan fingerprint density at radius 3 is 2.15 bits per heavy atom. The van der Waals surface area contributed by atoms with Crippen molar-refractivity contribution in [2.45, 2.75) is 58.9 Å². The first-order chi connectivity index (χ1) is 18.7. The lowest BCUT2D eigenvalue weighted by Gasteiger charge is -2.48. The predicted octanol–water partition coefficient (Wildman–Crippen LogP) is 3.93. The molecule has 0 aromatic heterocycles. The normalized spacial score (nSPS) is 21.0. The molecule has 1 saturated carbocycles. The predicted molar refractivity (Wildman–Crippen MR) is 149 cm³/mol. The minimum atomic E-state index is -1.57. The van der Waals surface area contributed by atoms with Crippen LogP contribution in [0.25, 0.3) is 0 Å². The molecule has 216 valence electrons. The van der Waals surface area contributed by atoms with E-state index in [1.165, 1.54) is 25.1 Å². The zero-order valence-corrected chi connectivity index (χ0v) is 24.0. The Balaban J connectivity index is 1.99. The van der Waals surface area contributed by atoms with E-state index in [2.05, 4.69) is 16.0 Å². The fraction of sp³-hybridized carbons (Fsp3) is 0.464. The van der Waals surface area contributed by atoms with Crippen molar-refractivity contribution >= 4 is 52.9 Å². The molecule has 5 N–H and O–H groups in total. The second kappa shape index (κ2) is 12.4. The van der Waals surface area contributed by atoms with Crippen molar-refractivity contribution in [1.82, 2.24) is 16.0 Å². The summed E-state index contributed by atoms with van der Waals surface area (Å²) in [6.07, 6.45) is 6.20. The summed E-state index contributed by atoms with van der Waals surface area (Å²) in [5, 5.41) is 27.0. The number of carboxylic acid groups (broad SMARTS) is 2. The van der Waals surface area contributed by atoms with Crippen molar-refractivity contribution < 1.29 is 34.2 Å². The fourth-order valence-corrected chi connectivity index (χ4v) is 5.81. The number of rotatable bonds is 10. The lowest BCUT2D eigenvalue weighted by Crippen LogP contribution is -2.56. The molecular formula is C28H33Cl2N3O7. The summed E-state index contributed by atoms with van der Waals surface area (Å²) in [6.45, 7) is 4.25. The molecule has 0 spiro atoms. The average molecular weight is 594 g/mol. The highest BCUT2D eigenvalue weighted by Gasteiger charge is 2.54. The Bertz CT molecular complexity index is 1260. The molecule has 12 heteroatoms. The van der Waals surface area contributed by atoms with Crippen LogP contribution in [-0.2, 0) is 19.2 Å². The zero-order chi connectivity index (χ0) is 29.8. The molecular weight excluding hydrogens is 561 g/mol. The van der Waals surface area contributed by atoms with E-state index in [0.717, 1.165) is 12.8 Å². The Hall–Kier alpha value is -3.37. The summed E-state index contributed by atoms with van der Waals surface area (Å²) in [5.41, 5.74) is -2.09. The maximum Gasteiger partial charge on any atom is 0.326 e. The number of hydrogen-bond acceptors (Lipinski definition) is 5. The van der Waals surface area contributed by atoms with Gasteiger partial charge in [0.15, 0.2) is 0 Å². The van der Waals surface area contributed by atoms with E-state index >= 15 is 0 Å². The van der Waals surface area contributed by atoms with Gasteiger partial charge >= 0.3 is 11.9 Å². The van der Waals surface area contributed by atoms with Crippen LogP contribution in [0, 0.1) is 16.7 Å². The molecule has 1 aromatic carbocycles. The quantitative estimate of drug-likeness (QED) is 0.274. The van der Waals surface area contributed by atoms with Crippen LogP contribution >= 0.6 is 23.2 Å². The Morgan fingerprint density at radius 1 is 1.00 bits per heavy atom. The standard InChI is InChI=1S/C28H33Cl2N3O7/c1-27(2)16(13-19(25(38)39)32-23(36)15-7-4-5-8-15)11-12-20(28(27,3)26(40)31-14-21(34)35)33-24(37)22-17(29)9-6-10-18(22)30/h6,9-12,15,19H,4-5,7-8,13-14H2,1-3H3,(H,31,40)(H,32,36)(H,33,37)(H,34,35)(H,38,39). The highest BCUT2D eigenvalue weighted by molar-refractivity contribution is 6.39. The van der Waals surface area contributed by atoms with Crippen molar-refractivity contribution in [3.63, 3.8) is 0 Å². The number of carbonyl (C=O) groups excluding carboxylic acids is 3. The average Bonchev–Trinajstić information content (AvgIpc) is 3.41. The number of halogens is 2. The number of hydrogen-bond donors (Lipinski definition) is 5. The van der Waals surface area contributed by atoms with Gasteiger partial charge in [0, 0.05) is 23.5 Å². The van der Waals surface area contributed by atoms with E-state index in [1.54, 1.807) is 26.0 Å². The van der Waals surface area contributed by atoms with Crippen LogP contribution < -0.4 is 16.0 Å². The first-order valence-electron chi connectivity index (χ1n) is 12.9. The molecule has 0 aliphatic heterocycles. The lowest BCUT2D eigenvalue weighted by atomic mass is 9.57. The van der Waals surface area contributed by atoms with Gasteiger partial charge in [-0.25, -0.2) is 4.79 Å². The van der Waals surface area contributed by atoms with Crippen molar-refractivity contribution in [1.29, 1.82) is 0 Å². The number of carboxylic acids is 2. The van der Waals surface area contributed by atoms with Gasteiger partial charge in [0.05, 0.1) is 21.0 Å². The first kappa shape index (κ1) is 31.2. The number of amides is 3. The molecule has 10 nitrogen and oxygen atoms in total. The van der Waals surface area contributed by atoms with Crippen LogP contribution in [0.4, 0.5) is 0 Å². The third kappa shape index (κ3) is 6.33. The van der Waals surface area contributed by atoms with Crippen LogP contribution in [0.3, 0.4) is 0 Å². The third-order valence-corrected chi connectivity index (χ3v) is 8.73. The monoisotopic (exact) mass is 593 g/mol. The molecule has 0 radical (unpaired) electrons. The van der Waals surface area contributed by atoms with E-state index in [-0.39, 0.29) is 39.6 Å². The summed E-state index contributed by atoms with van der Waals surface area (Å²) in [6, 6.07) is 3.30. The first-order valence-corrected chi connectivity index (χ1v) is 13.7. The van der Waals surface area contributed by atoms with Gasteiger partial charge in [0.2, 0.25) is 11.8 Å². The molecule has 3 amide bonds. The maximum absolute atomic E-state index is 13.6. The topological polar surface area (TPSA) is 162 Å². The Labute approximate surface area is 242 Å². The molecule has 2 aliphatic rings. The number of carbonyl (C=O) groups is 5. The molecule has 0 bridgehead atoms. The molecule has 1 fully saturated rings. The summed E-state index contributed by atoms with van der Waals surface area (Å²) in [7, 11) is 0. The van der Waals surface area contributed by atoms with E-state index in [0.29, 0.717) is 18.4 Å². The maximum atomic E-state index is 13.6.